The van der Waals surface area contributed by atoms with Crippen LogP contribution in [-0.4, -0.2) is 44.8 Å². The Morgan fingerprint density at radius 2 is 1.93 bits per heavy atom. The summed E-state index contributed by atoms with van der Waals surface area (Å²) in [5.74, 6) is 0. The molecule has 0 saturated carbocycles. The molecule has 4 rings (SSSR count). The molecular weight excluding hydrogens is 394 g/mol. The first-order valence-electron chi connectivity index (χ1n) is 10.1. The van der Waals surface area contributed by atoms with E-state index in [-0.39, 0.29) is 12.1 Å². The predicted molar refractivity (Wildman–Crippen MR) is 121 cm³/mol. The first-order chi connectivity index (χ1) is 14.6. The molecule has 30 heavy (non-hydrogen) atoms. The highest BCUT2D eigenvalue weighted by molar-refractivity contribution is 7.80. The van der Waals surface area contributed by atoms with Crippen molar-refractivity contribution in [2.24, 2.45) is 0 Å². The van der Waals surface area contributed by atoms with Crippen molar-refractivity contribution >= 4 is 17.3 Å². The molecule has 0 unspecified atom stereocenters. The number of rotatable bonds is 7. The van der Waals surface area contributed by atoms with E-state index in [0.717, 1.165) is 23.9 Å². The fourth-order valence-corrected chi connectivity index (χ4v) is 4.55. The summed E-state index contributed by atoms with van der Waals surface area (Å²) in [4.78, 5) is 11.0. The highest BCUT2D eigenvalue weighted by atomic mass is 32.1. The summed E-state index contributed by atoms with van der Waals surface area (Å²) in [5.41, 5.74) is 5.95. The largest absolute Gasteiger partial charge is 0.383 e. The van der Waals surface area contributed by atoms with Crippen molar-refractivity contribution in [3.63, 3.8) is 0 Å². The molecule has 1 saturated heterocycles. The van der Waals surface area contributed by atoms with Gasteiger partial charge < -0.3 is 19.5 Å². The summed E-state index contributed by atoms with van der Waals surface area (Å²) < 4.78 is 7.72. The van der Waals surface area contributed by atoms with Gasteiger partial charge in [-0.2, -0.15) is 0 Å². The number of hydrogen-bond acceptors (Lipinski definition) is 4. The van der Waals surface area contributed by atoms with Gasteiger partial charge in [-0.1, -0.05) is 6.07 Å². The molecule has 1 aliphatic rings. The monoisotopic (exact) mass is 421 g/mol. The van der Waals surface area contributed by atoms with Crippen LogP contribution < -0.4 is 5.32 Å². The van der Waals surface area contributed by atoms with Gasteiger partial charge in [0.05, 0.1) is 24.4 Å². The highest BCUT2D eigenvalue weighted by Gasteiger charge is 2.41. The van der Waals surface area contributed by atoms with E-state index in [2.05, 4.69) is 62.9 Å². The summed E-state index contributed by atoms with van der Waals surface area (Å²) >= 11 is 5.71. The molecule has 6 nitrogen and oxygen atoms in total. The van der Waals surface area contributed by atoms with Gasteiger partial charge in [-0.05, 0) is 67.5 Å². The number of ether oxygens (including phenoxy) is 1. The Morgan fingerprint density at radius 3 is 2.63 bits per heavy atom. The molecule has 1 N–H and O–H groups in total. The van der Waals surface area contributed by atoms with E-state index in [1.807, 2.05) is 30.7 Å². The van der Waals surface area contributed by atoms with Gasteiger partial charge in [0.25, 0.3) is 0 Å². The summed E-state index contributed by atoms with van der Waals surface area (Å²) in [6.07, 6.45) is 5.52. The van der Waals surface area contributed by atoms with Crippen LogP contribution in [0.4, 0.5) is 0 Å². The Bertz CT molecular complexity index is 1010. The molecule has 0 aliphatic carbocycles. The standard InChI is InChI=1S/C23H27N5OS/c1-16-14-19(17(2)28(16)15-18-7-10-24-11-8-18)22-21(20-6-4-5-9-25-20)26-23(30)27(22)12-13-29-3/h4-11,14,21-22H,12-13,15H2,1-3H3,(H,26,30)/t21-,22-/m0/s1. The zero-order chi connectivity index (χ0) is 21.1. The average molecular weight is 422 g/mol. The Balaban J connectivity index is 1.74. The van der Waals surface area contributed by atoms with Crippen molar-refractivity contribution in [2.45, 2.75) is 32.5 Å². The van der Waals surface area contributed by atoms with Crippen molar-refractivity contribution in [2.75, 3.05) is 20.3 Å². The van der Waals surface area contributed by atoms with Crippen molar-refractivity contribution in [1.82, 2.24) is 24.8 Å². The third-order valence-corrected chi connectivity index (χ3v) is 6.11. The van der Waals surface area contributed by atoms with Crippen LogP contribution in [0, 0.1) is 13.8 Å². The van der Waals surface area contributed by atoms with Crippen LogP contribution in [0.1, 0.15) is 40.3 Å². The second-order valence-corrected chi connectivity index (χ2v) is 7.97. The van der Waals surface area contributed by atoms with Gasteiger partial charge in [-0.25, -0.2) is 0 Å². The molecule has 1 aliphatic heterocycles. The zero-order valence-corrected chi connectivity index (χ0v) is 18.4. The van der Waals surface area contributed by atoms with E-state index in [4.69, 9.17) is 17.0 Å². The smallest absolute Gasteiger partial charge is 0.170 e. The van der Waals surface area contributed by atoms with Crippen molar-refractivity contribution in [3.05, 3.63) is 83.2 Å². The average Bonchev–Trinajstić information content (AvgIpc) is 3.24. The summed E-state index contributed by atoms with van der Waals surface area (Å²) in [5, 5.41) is 4.25. The SMILES string of the molecule is COCCN1C(=S)N[C@@H](c2ccccn2)[C@@H]1c1cc(C)n(Cc2ccncc2)c1C. The third kappa shape index (κ3) is 3.95. The van der Waals surface area contributed by atoms with Gasteiger partial charge in [-0.15, -0.1) is 0 Å². The van der Waals surface area contributed by atoms with Crippen molar-refractivity contribution in [1.29, 1.82) is 0 Å². The fraction of sp³-hybridized carbons (Fsp3) is 0.348. The molecule has 4 heterocycles. The normalized spacial score (nSPS) is 18.6. The van der Waals surface area contributed by atoms with Crippen LogP contribution in [0.2, 0.25) is 0 Å². The molecule has 7 heteroatoms. The lowest BCUT2D eigenvalue weighted by Crippen LogP contribution is -2.32. The first kappa shape index (κ1) is 20.5. The maximum Gasteiger partial charge on any atom is 0.170 e. The van der Waals surface area contributed by atoms with E-state index < -0.39 is 0 Å². The van der Waals surface area contributed by atoms with E-state index >= 15 is 0 Å². The summed E-state index contributed by atoms with van der Waals surface area (Å²) in [6.45, 7) is 6.51. The minimum absolute atomic E-state index is 0.00886. The van der Waals surface area contributed by atoms with Gasteiger partial charge in [0.15, 0.2) is 5.11 Å². The predicted octanol–water partition coefficient (Wildman–Crippen LogP) is 3.56. The quantitative estimate of drug-likeness (QED) is 0.589. The van der Waals surface area contributed by atoms with Gasteiger partial charge >= 0.3 is 0 Å². The number of methoxy groups -OCH3 is 1. The van der Waals surface area contributed by atoms with Gasteiger partial charge in [0.2, 0.25) is 0 Å². The summed E-state index contributed by atoms with van der Waals surface area (Å²) in [7, 11) is 1.72. The number of thiocarbonyl (C=S) groups is 1. The van der Waals surface area contributed by atoms with E-state index in [1.165, 1.54) is 22.5 Å². The van der Waals surface area contributed by atoms with Crippen molar-refractivity contribution in [3.8, 4) is 0 Å². The van der Waals surface area contributed by atoms with Gasteiger partial charge in [0.1, 0.15) is 0 Å². The minimum Gasteiger partial charge on any atom is -0.383 e. The minimum atomic E-state index is -0.00886. The van der Waals surface area contributed by atoms with Gasteiger partial charge in [0, 0.05) is 50.2 Å². The molecule has 2 atom stereocenters. The van der Waals surface area contributed by atoms with E-state index in [9.17, 15) is 0 Å². The Hall–Kier alpha value is -2.77. The van der Waals surface area contributed by atoms with E-state index in [1.54, 1.807) is 7.11 Å². The van der Waals surface area contributed by atoms with Crippen LogP contribution in [0.5, 0.6) is 0 Å². The number of hydrogen-bond donors (Lipinski definition) is 1. The molecule has 1 fully saturated rings. The van der Waals surface area contributed by atoms with Gasteiger partial charge in [-0.3, -0.25) is 9.97 Å². The molecule has 0 spiro atoms. The van der Waals surface area contributed by atoms with E-state index in [0.29, 0.717) is 6.61 Å². The fourth-order valence-electron chi connectivity index (χ4n) is 4.22. The molecule has 3 aromatic rings. The van der Waals surface area contributed by atoms with Crippen LogP contribution >= 0.6 is 12.2 Å². The van der Waals surface area contributed by atoms with Crippen LogP contribution in [-0.2, 0) is 11.3 Å². The molecule has 3 aromatic heterocycles. The molecule has 0 aromatic carbocycles. The Morgan fingerprint density at radius 1 is 1.13 bits per heavy atom. The lowest BCUT2D eigenvalue weighted by Gasteiger charge is -2.28. The maximum atomic E-state index is 5.71. The molecule has 0 amide bonds. The Labute approximate surface area is 182 Å². The molecule has 0 radical (unpaired) electrons. The summed E-state index contributed by atoms with van der Waals surface area (Å²) in [6, 6.07) is 12.5. The number of nitrogens with one attached hydrogen (secondary N) is 1. The van der Waals surface area contributed by atoms with Crippen LogP contribution in [0.15, 0.2) is 55.0 Å². The number of aryl methyl sites for hydroxylation is 1. The first-order valence-corrected chi connectivity index (χ1v) is 10.5. The Kier molecular flexibility index (Phi) is 6.11. The van der Waals surface area contributed by atoms with Crippen molar-refractivity contribution < 1.29 is 4.74 Å². The van der Waals surface area contributed by atoms with Crippen LogP contribution in [0.3, 0.4) is 0 Å². The molecule has 156 valence electrons. The van der Waals surface area contributed by atoms with Crippen LogP contribution in [0.25, 0.3) is 0 Å². The topological polar surface area (TPSA) is 55.2 Å². The maximum absolute atomic E-state index is 5.71. The second-order valence-electron chi connectivity index (χ2n) is 7.58. The number of pyridine rings is 2. The lowest BCUT2D eigenvalue weighted by atomic mass is 9.97. The molecule has 0 bridgehead atoms. The number of nitrogens with zero attached hydrogens (tertiary/aromatic N) is 4. The molecular formula is C23H27N5OS. The zero-order valence-electron chi connectivity index (χ0n) is 17.6. The highest BCUT2D eigenvalue weighted by Crippen LogP contribution is 2.40. The third-order valence-electron chi connectivity index (χ3n) is 5.76. The lowest BCUT2D eigenvalue weighted by molar-refractivity contribution is 0.164. The second kappa shape index (κ2) is 8.93. The number of aromatic nitrogens is 3.